The van der Waals surface area contributed by atoms with Crippen molar-refractivity contribution in [1.29, 1.82) is 5.26 Å². The smallest absolute Gasteiger partial charge is 0.123 e. The fourth-order valence-electron chi connectivity index (χ4n) is 2.24. The Morgan fingerprint density at radius 3 is 2.75 bits per heavy atom. The second-order valence-corrected chi connectivity index (χ2v) is 4.97. The number of fused-ring (bicyclic) bond motifs is 1. The molecule has 0 aliphatic rings. The first-order valence-corrected chi connectivity index (χ1v) is 6.48. The van der Waals surface area contributed by atoms with Gasteiger partial charge in [0.15, 0.2) is 0 Å². The fourth-order valence-corrected chi connectivity index (χ4v) is 2.48. The van der Waals surface area contributed by atoms with E-state index >= 15 is 0 Å². The molecule has 0 saturated carbocycles. The first-order chi connectivity index (χ1) is 9.67. The maximum atomic E-state index is 13.2. The molecular weight excluding hydrogens is 275 g/mol. The van der Waals surface area contributed by atoms with E-state index in [2.05, 4.69) is 6.07 Å². The Labute approximate surface area is 120 Å². The third-order valence-corrected chi connectivity index (χ3v) is 3.61. The predicted octanol–water partition coefficient (Wildman–Crippen LogP) is 4.35. The quantitative estimate of drug-likeness (QED) is 0.687. The zero-order valence-electron chi connectivity index (χ0n) is 10.5. The summed E-state index contributed by atoms with van der Waals surface area (Å²) in [5.74, 6) is -0.244. The monoisotopic (exact) mass is 284 g/mol. The molecule has 98 valence electrons. The van der Waals surface area contributed by atoms with Crippen LogP contribution in [-0.4, -0.2) is 4.57 Å². The van der Waals surface area contributed by atoms with Crippen LogP contribution in [-0.2, 0) is 6.54 Å². The normalized spacial score (nSPS) is 10.7. The lowest BCUT2D eigenvalue weighted by molar-refractivity contribution is 0.629. The van der Waals surface area contributed by atoms with E-state index in [1.54, 1.807) is 18.2 Å². The number of aromatic nitrogens is 1. The molecule has 0 N–H and O–H groups in total. The van der Waals surface area contributed by atoms with Crippen LogP contribution < -0.4 is 0 Å². The molecule has 1 aromatic heterocycles. The van der Waals surface area contributed by atoms with Crippen LogP contribution in [0.2, 0.25) is 5.02 Å². The standard InChI is InChI=1S/C16H10ClFN2/c17-15-7-11(9-19)1-2-13(15)10-20-6-5-12-8-14(18)3-4-16(12)20/h1-8H,10H2. The van der Waals surface area contributed by atoms with Gasteiger partial charge in [0, 0.05) is 28.7 Å². The molecule has 0 amide bonds. The topological polar surface area (TPSA) is 28.7 Å². The van der Waals surface area contributed by atoms with Crippen LogP contribution in [0.4, 0.5) is 4.39 Å². The molecule has 4 heteroatoms. The Bertz CT molecular complexity index is 830. The summed E-state index contributed by atoms with van der Waals surface area (Å²) in [6.45, 7) is 0.583. The van der Waals surface area contributed by atoms with E-state index in [-0.39, 0.29) is 5.82 Å². The van der Waals surface area contributed by atoms with Gasteiger partial charge in [-0.05, 0) is 42.0 Å². The van der Waals surface area contributed by atoms with Gasteiger partial charge in [-0.1, -0.05) is 17.7 Å². The Kier molecular flexibility index (Phi) is 3.17. The first kappa shape index (κ1) is 12.7. The summed E-state index contributed by atoms with van der Waals surface area (Å²) >= 11 is 6.18. The molecule has 0 radical (unpaired) electrons. The van der Waals surface area contributed by atoms with E-state index in [1.807, 2.05) is 22.9 Å². The summed E-state index contributed by atoms with van der Waals surface area (Å²) in [5.41, 5.74) is 2.41. The van der Waals surface area contributed by atoms with Gasteiger partial charge in [0.2, 0.25) is 0 Å². The molecular formula is C16H10ClFN2. The van der Waals surface area contributed by atoms with Crippen molar-refractivity contribution >= 4 is 22.5 Å². The van der Waals surface area contributed by atoms with E-state index in [4.69, 9.17) is 16.9 Å². The molecule has 0 atom stereocenters. The van der Waals surface area contributed by atoms with Crippen LogP contribution in [0, 0.1) is 17.1 Å². The number of halogens is 2. The maximum Gasteiger partial charge on any atom is 0.123 e. The summed E-state index contributed by atoms with van der Waals surface area (Å²) < 4.78 is 15.2. The molecule has 0 saturated heterocycles. The van der Waals surface area contributed by atoms with Crippen molar-refractivity contribution in [1.82, 2.24) is 4.57 Å². The minimum Gasteiger partial charge on any atom is -0.343 e. The molecule has 3 aromatic rings. The third-order valence-electron chi connectivity index (χ3n) is 3.26. The van der Waals surface area contributed by atoms with Crippen molar-refractivity contribution in [3.63, 3.8) is 0 Å². The van der Waals surface area contributed by atoms with Gasteiger partial charge in [0.25, 0.3) is 0 Å². The van der Waals surface area contributed by atoms with Crippen molar-refractivity contribution in [2.75, 3.05) is 0 Å². The van der Waals surface area contributed by atoms with Gasteiger partial charge in [-0.3, -0.25) is 0 Å². The lowest BCUT2D eigenvalue weighted by Gasteiger charge is -2.08. The fraction of sp³-hybridized carbons (Fsp3) is 0.0625. The second-order valence-electron chi connectivity index (χ2n) is 4.56. The Hall–Kier alpha value is -2.31. The number of nitrogens with zero attached hydrogens (tertiary/aromatic N) is 2. The summed E-state index contributed by atoms with van der Waals surface area (Å²) in [4.78, 5) is 0. The van der Waals surface area contributed by atoms with Crippen LogP contribution in [0.1, 0.15) is 11.1 Å². The third kappa shape index (κ3) is 2.26. The average molecular weight is 285 g/mol. The van der Waals surface area contributed by atoms with Gasteiger partial charge in [-0.15, -0.1) is 0 Å². The van der Waals surface area contributed by atoms with Gasteiger partial charge >= 0.3 is 0 Å². The van der Waals surface area contributed by atoms with Gasteiger partial charge in [-0.2, -0.15) is 5.26 Å². The van der Waals surface area contributed by atoms with E-state index in [0.717, 1.165) is 16.5 Å². The highest BCUT2D eigenvalue weighted by molar-refractivity contribution is 6.31. The minimum absolute atomic E-state index is 0.244. The average Bonchev–Trinajstić information content (AvgIpc) is 2.83. The largest absolute Gasteiger partial charge is 0.343 e. The molecule has 20 heavy (non-hydrogen) atoms. The zero-order chi connectivity index (χ0) is 14.1. The van der Waals surface area contributed by atoms with E-state index in [9.17, 15) is 4.39 Å². The Balaban J connectivity index is 1.99. The molecule has 2 nitrogen and oxygen atoms in total. The van der Waals surface area contributed by atoms with E-state index < -0.39 is 0 Å². The number of rotatable bonds is 2. The van der Waals surface area contributed by atoms with Crippen LogP contribution in [0.25, 0.3) is 10.9 Å². The van der Waals surface area contributed by atoms with Gasteiger partial charge in [0.1, 0.15) is 5.82 Å². The number of nitriles is 1. The van der Waals surface area contributed by atoms with Crippen molar-refractivity contribution in [2.45, 2.75) is 6.54 Å². The Morgan fingerprint density at radius 2 is 2.00 bits per heavy atom. The summed E-state index contributed by atoms with van der Waals surface area (Å²) in [6, 6.07) is 13.9. The minimum atomic E-state index is -0.244. The van der Waals surface area contributed by atoms with Crippen molar-refractivity contribution in [3.05, 3.63) is 70.6 Å². The summed E-state index contributed by atoms with van der Waals surface area (Å²) in [6.07, 6.45) is 1.90. The summed E-state index contributed by atoms with van der Waals surface area (Å²) in [5, 5.41) is 10.2. The molecule has 2 aromatic carbocycles. The Morgan fingerprint density at radius 1 is 1.15 bits per heavy atom. The molecule has 1 heterocycles. The predicted molar refractivity (Wildman–Crippen MR) is 77.2 cm³/mol. The number of hydrogen-bond donors (Lipinski definition) is 0. The molecule has 3 rings (SSSR count). The molecule has 0 aliphatic carbocycles. The first-order valence-electron chi connectivity index (χ1n) is 6.10. The summed E-state index contributed by atoms with van der Waals surface area (Å²) in [7, 11) is 0. The van der Waals surface area contributed by atoms with Crippen molar-refractivity contribution in [3.8, 4) is 6.07 Å². The van der Waals surface area contributed by atoms with Crippen LogP contribution in [0.3, 0.4) is 0 Å². The van der Waals surface area contributed by atoms with Crippen molar-refractivity contribution < 1.29 is 4.39 Å². The van der Waals surface area contributed by atoms with Crippen LogP contribution in [0.15, 0.2) is 48.7 Å². The van der Waals surface area contributed by atoms with Crippen LogP contribution >= 0.6 is 11.6 Å². The van der Waals surface area contributed by atoms with Gasteiger partial charge in [-0.25, -0.2) is 4.39 Å². The highest BCUT2D eigenvalue weighted by Gasteiger charge is 2.06. The molecule has 0 aliphatic heterocycles. The number of hydrogen-bond acceptors (Lipinski definition) is 1. The highest BCUT2D eigenvalue weighted by Crippen LogP contribution is 2.22. The van der Waals surface area contributed by atoms with Crippen LogP contribution in [0.5, 0.6) is 0 Å². The SMILES string of the molecule is N#Cc1ccc(Cn2ccc3cc(F)ccc32)c(Cl)c1. The second kappa shape index (κ2) is 4.99. The molecule has 0 unspecified atom stereocenters. The zero-order valence-corrected chi connectivity index (χ0v) is 11.2. The van der Waals surface area contributed by atoms with Crippen molar-refractivity contribution in [2.24, 2.45) is 0 Å². The molecule has 0 spiro atoms. The molecule has 0 bridgehead atoms. The van der Waals surface area contributed by atoms with E-state index in [1.165, 1.54) is 12.1 Å². The lowest BCUT2D eigenvalue weighted by Crippen LogP contribution is -1.99. The van der Waals surface area contributed by atoms with Gasteiger partial charge < -0.3 is 4.57 Å². The highest BCUT2D eigenvalue weighted by atomic mass is 35.5. The molecule has 0 fully saturated rings. The maximum absolute atomic E-state index is 13.2. The van der Waals surface area contributed by atoms with E-state index in [0.29, 0.717) is 17.1 Å². The lowest BCUT2D eigenvalue weighted by atomic mass is 10.1. The van der Waals surface area contributed by atoms with Gasteiger partial charge in [0.05, 0.1) is 11.6 Å². The number of benzene rings is 2.